The number of carbonyl (C=O) groups is 2. The normalized spacial score (nSPS) is 18.8. The van der Waals surface area contributed by atoms with Crippen molar-refractivity contribution in [2.45, 2.75) is 45.1 Å². The Labute approximate surface area is 229 Å². The third kappa shape index (κ3) is 5.46. The molecule has 0 saturated heterocycles. The van der Waals surface area contributed by atoms with Gasteiger partial charge in [0.2, 0.25) is 0 Å². The van der Waals surface area contributed by atoms with Gasteiger partial charge in [0.1, 0.15) is 6.61 Å². The van der Waals surface area contributed by atoms with Crippen molar-refractivity contribution in [3.63, 3.8) is 0 Å². The summed E-state index contributed by atoms with van der Waals surface area (Å²) in [5.41, 5.74) is 5.58. The van der Waals surface area contributed by atoms with Crippen LogP contribution in [0.4, 0.5) is 0 Å². The maximum atomic E-state index is 13.8. The second-order valence-electron chi connectivity index (χ2n) is 9.83. The lowest BCUT2D eigenvalue weighted by Gasteiger charge is -2.36. The molecule has 6 heteroatoms. The molecule has 0 aromatic heterocycles. The summed E-state index contributed by atoms with van der Waals surface area (Å²) in [5.74, 6) is 0.231. The summed E-state index contributed by atoms with van der Waals surface area (Å²) in [6.45, 7) is 4.29. The van der Waals surface area contributed by atoms with Gasteiger partial charge in [0.25, 0.3) is 0 Å². The molecule has 3 aromatic carbocycles. The molecular weight excluding hydrogens is 490 g/mol. The molecule has 0 unspecified atom stereocenters. The van der Waals surface area contributed by atoms with Gasteiger partial charge in [-0.2, -0.15) is 0 Å². The molecule has 1 aliphatic carbocycles. The fourth-order valence-corrected chi connectivity index (χ4v) is 5.53. The molecule has 0 bridgehead atoms. The van der Waals surface area contributed by atoms with Crippen molar-refractivity contribution in [3.05, 3.63) is 118 Å². The summed E-state index contributed by atoms with van der Waals surface area (Å²) in [4.78, 5) is 27.0. The van der Waals surface area contributed by atoms with Gasteiger partial charge in [-0.3, -0.25) is 4.79 Å². The smallest absolute Gasteiger partial charge is 0.336 e. The van der Waals surface area contributed by atoms with Crippen LogP contribution in [0, 0.1) is 0 Å². The number of allylic oxidation sites excluding steroid dienone is 3. The highest BCUT2D eigenvalue weighted by molar-refractivity contribution is 6.04. The standard InChI is InChI=1S/C33H33NO5/c1-4-38-33(36)30-21(2)34-26-17-25(23-13-9-6-10-14-23)18-27(35)32(26)31(30)24-15-16-28(29(19-24)37-3)39-20-22-11-7-5-8-12-22/h5-16,19,25,31,34H,4,17-18,20H2,1-3H3/t25-,31-/m1/s1. The van der Waals surface area contributed by atoms with E-state index in [1.54, 1.807) is 14.0 Å². The highest BCUT2D eigenvalue weighted by Crippen LogP contribution is 2.47. The molecule has 2 atom stereocenters. The molecule has 0 amide bonds. The van der Waals surface area contributed by atoms with Gasteiger partial charge in [0, 0.05) is 29.3 Å². The minimum Gasteiger partial charge on any atom is -0.493 e. The summed E-state index contributed by atoms with van der Waals surface area (Å²) < 4.78 is 17.2. The first-order valence-electron chi connectivity index (χ1n) is 13.3. The zero-order valence-corrected chi connectivity index (χ0v) is 22.5. The molecule has 5 rings (SSSR count). The van der Waals surface area contributed by atoms with Crippen molar-refractivity contribution < 1.29 is 23.8 Å². The van der Waals surface area contributed by atoms with Crippen molar-refractivity contribution in [3.8, 4) is 11.5 Å². The Bertz CT molecular complexity index is 1420. The number of hydrogen-bond donors (Lipinski definition) is 1. The van der Waals surface area contributed by atoms with E-state index in [-0.39, 0.29) is 18.3 Å². The molecule has 6 nitrogen and oxygen atoms in total. The Kier molecular flexibility index (Phi) is 7.82. The van der Waals surface area contributed by atoms with Gasteiger partial charge in [-0.15, -0.1) is 0 Å². The Morgan fingerprint density at radius 2 is 1.64 bits per heavy atom. The van der Waals surface area contributed by atoms with Crippen LogP contribution < -0.4 is 14.8 Å². The topological polar surface area (TPSA) is 73.9 Å². The molecule has 0 fully saturated rings. The SMILES string of the molecule is CCOC(=O)C1=C(C)NC2=C(C(=O)C[C@H](c3ccccc3)C2)[C@@H]1c1ccc(OCc2ccccc2)c(OC)c1. The van der Waals surface area contributed by atoms with E-state index in [0.717, 1.165) is 22.4 Å². The fourth-order valence-electron chi connectivity index (χ4n) is 5.53. The van der Waals surface area contributed by atoms with Crippen LogP contribution in [0.3, 0.4) is 0 Å². The fraction of sp³-hybridized carbons (Fsp3) is 0.273. The van der Waals surface area contributed by atoms with E-state index in [0.29, 0.717) is 47.8 Å². The number of nitrogens with one attached hydrogen (secondary N) is 1. The van der Waals surface area contributed by atoms with Crippen LogP contribution in [0.5, 0.6) is 11.5 Å². The van der Waals surface area contributed by atoms with E-state index in [1.165, 1.54) is 0 Å². The van der Waals surface area contributed by atoms with Crippen molar-refractivity contribution in [1.29, 1.82) is 0 Å². The van der Waals surface area contributed by atoms with Gasteiger partial charge in [-0.25, -0.2) is 4.79 Å². The van der Waals surface area contributed by atoms with Crippen LogP contribution in [0.15, 0.2) is 101 Å². The number of ketones is 1. The summed E-state index contributed by atoms with van der Waals surface area (Å²) >= 11 is 0. The van der Waals surface area contributed by atoms with Gasteiger partial charge in [-0.1, -0.05) is 66.7 Å². The van der Waals surface area contributed by atoms with Crippen LogP contribution in [0.1, 0.15) is 55.2 Å². The molecule has 0 saturated carbocycles. The highest BCUT2D eigenvalue weighted by Gasteiger charge is 2.41. The molecule has 3 aromatic rings. The predicted octanol–water partition coefficient (Wildman–Crippen LogP) is 6.20. The lowest BCUT2D eigenvalue weighted by atomic mass is 9.71. The third-order valence-corrected chi connectivity index (χ3v) is 7.35. The van der Waals surface area contributed by atoms with Gasteiger partial charge in [0.15, 0.2) is 17.3 Å². The molecule has 1 heterocycles. The molecule has 200 valence electrons. The number of ether oxygens (including phenoxy) is 3. The predicted molar refractivity (Wildman–Crippen MR) is 149 cm³/mol. The molecule has 1 aliphatic heterocycles. The van der Waals surface area contributed by atoms with Crippen LogP contribution in [-0.2, 0) is 20.9 Å². The van der Waals surface area contributed by atoms with Crippen molar-refractivity contribution in [1.82, 2.24) is 5.32 Å². The number of hydrogen-bond acceptors (Lipinski definition) is 6. The molecule has 39 heavy (non-hydrogen) atoms. The number of benzene rings is 3. The number of dihydropyridines is 1. The summed E-state index contributed by atoms with van der Waals surface area (Å²) in [6, 6.07) is 25.6. The largest absolute Gasteiger partial charge is 0.493 e. The first-order valence-corrected chi connectivity index (χ1v) is 13.3. The van der Waals surface area contributed by atoms with Crippen LogP contribution in [0.2, 0.25) is 0 Å². The number of Topliss-reactive ketones (excluding diaryl/α,β-unsaturated/α-hetero) is 1. The average Bonchev–Trinajstić information content (AvgIpc) is 2.96. The third-order valence-electron chi connectivity index (χ3n) is 7.35. The van der Waals surface area contributed by atoms with Crippen LogP contribution in [0.25, 0.3) is 0 Å². The zero-order valence-electron chi connectivity index (χ0n) is 22.5. The molecule has 0 radical (unpaired) electrons. The second-order valence-corrected chi connectivity index (χ2v) is 9.83. The minimum atomic E-state index is -0.568. The van der Waals surface area contributed by atoms with E-state index < -0.39 is 11.9 Å². The zero-order chi connectivity index (χ0) is 27.4. The Balaban J connectivity index is 1.53. The van der Waals surface area contributed by atoms with Gasteiger partial charge >= 0.3 is 5.97 Å². The van der Waals surface area contributed by atoms with Gasteiger partial charge in [0.05, 0.1) is 19.3 Å². The maximum absolute atomic E-state index is 13.8. The lowest BCUT2D eigenvalue weighted by molar-refractivity contribution is -0.138. The quantitative estimate of drug-likeness (QED) is 0.355. The Hall–Kier alpha value is -4.32. The molecule has 1 N–H and O–H groups in total. The van der Waals surface area contributed by atoms with E-state index in [1.807, 2.05) is 73.7 Å². The second kappa shape index (κ2) is 11.6. The van der Waals surface area contributed by atoms with Crippen molar-refractivity contribution >= 4 is 11.8 Å². The molecule has 2 aliphatic rings. The minimum absolute atomic E-state index is 0.0280. The number of carbonyl (C=O) groups excluding carboxylic acids is 2. The number of esters is 1. The highest BCUT2D eigenvalue weighted by atomic mass is 16.5. The summed E-state index contributed by atoms with van der Waals surface area (Å²) in [5, 5.41) is 3.40. The van der Waals surface area contributed by atoms with Crippen LogP contribution >= 0.6 is 0 Å². The number of rotatable bonds is 8. The lowest BCUT2D eigenvalue weighted by Crippen LogP contribution is -2.36. The van der Waals surface area contributed by atoms with Crippen LogP contribution in [-0.4, -0.2) is 25.5 Å². The van der Waals surface area contributed by atoms with Gasteiger partial charge in [-0.05, 0) is 55.0 Å². The van der Waals surface area contributed by atoms with Gasteiger partial charge < -0.3 is 19.5 Å². The molecular formula is C33H33NO5. The van der Waals surface area contributed by atoms with Crippen molar-refractivity contribution in [2.75, 3.05) is 13.7 Å². The Morgan fingerprint density at radius 1 is 0.923 bits per heavy atom. The van der Waals surface area contributed by atoms with E-state index >= 15 is 0 Å². The molecule has 0 spiro atoms. The maximum Gasteiger partial charge on any atom is 0.336 e. The average molecular weight is 524 g/mol. The summed E-state index contributed by atoms with van der Waals surface area (Å²) in [6.07, 6.45) is 1.07. The van der Waals surface area contributed by atoms with E-state index in [4.69, 9.17) is 14.2 Å². The number of methoxy groups -OCH3 is 1. The first-order chi connectivity index (χ1) is 19.0. The van der Waals surface area contributed by atoms with E-state index in [9.17, 15) is 9.59 Å². The first kappa shape index (κ1) is 26.3. The Morgan fingerprint density at radius 3 is 2.33 bits per heavy atom. The summed E-state index contributed by atoms with van der Waals surface area (Å²) in [7, 11) is 1.59. The van der Waals surface area contributed by atoms with E-state index in [2.05, 4.69) is 17.4 Å². The van der Waals surface area contributed by atoms with Crippen molar-refractivity contribution in [2.24, 2.45) is 0 Å². The monoisotopic (exact) mass is 523 g/mol.